The fourth-order valence-corrected chi connectivity index (χ4v) is 1.95. The predicted molar refractivity (Wildman–Crippen MR) is 74.6 cm³/mol. The highest BCUT2D eigenvalue weighted by molar-refractivity contribution is 7.98. The van der Waals surface area contributed by atoms with E-state index in [-0.39, 0.29) is 18.5 Å². The molecule has 0 aliphatic rings. The Hall–Kier alpha value is -1.51. The van der Waals surface area contributed by atoms with Gasteiger partial charge in [-0.2, -0.15) is 5.26 Å². The van der Waals surface area contributed by atoms with E-state index in [9.17, 15) is 4.79 Å². The summed E-state index contributed by atoms with van der Waals surface area (Å²) in [6.45, 7) is 1.97. The van der Waals surface area contributed by atoms with Crippen molar-refractivity contribution in [1.29, 1.82) is 5.26 Å². The van der Waals surface area contributed by atoms with Crippen LogP contribution in [0.2, 0.25) is 0 Å². The molecule has 0 aromatic heterocycles. The van der Waals surface area contributed by atoms with E-state index in [2.05, 4.69) is 11.4 Å². The number of anilines is 1. The molecular weight excluding hydrogens is 246 g/mol. The molecule has 0 aliphatic carbocycles. The summed E-state index contributed by atoms with van der Waals surface area (Å²) in [6.07, 6.45) is 1.97. The standard InChI is InChI=1S/C13H17N3OS/c1-10(8-14)16(2)9-13(17)15-11-6-4-5-7-12(11)18-3/h4-7,10H,9H2,1-3H3,(H,15,17)/t10-/m1/s1. The minimum absolute atomic E-state index is 0.110. The molecule has 0 spiro atoms. The van der Waals surface area contributed by atoms with Gasteiger partial charge in [-0.05, 0) is 32.4 Å². The van der Waals surface area contributed by atoms with Crippen molar-refractivity contribution in [2.45, 2.75) is 17.9 Å². The molecule has 0 saturated carbocycles. The molecule has 1 aromatic rings. The normalized spacial score (nSPS) is 11.9. The van der Waals surface area contributed by atoms with Crippen molar-refractivity contribution in [3.05, 3.63) is 24.3 Å². The Kier molecular flexibility index (Phi) is 5.69. The van der Waals surface area contributed by atoms with Gasteiger partial charge in [0.25, 0.3) is 0 Å². The summed E-state index contributed by atoms with van der Waals surface area (Å²) in [6, 6.07) is 9.48. The largest absolute Gasteiger partial charge is 0.324 e. The van der Waals surface area contributed by atoms with Gasteiger partial charge in [0, 0.05) is 4.90 Å². The van der Waals surface area contributed by atoms with Crippen LogP contribution in [0, 0.1) is 11.3 Å². The van der Waals surface area contributed by atoms with Crippen LogP contribution in [0.4, 0.5) is 5.69 Å². The van der Waals surface area contributed by atoms with Gasteiger partial charge in [-0.15, -0.1) is 11.8 Å². The summed E-state index contributed by atoms with van der Waals surface area (Å²) in [7, 11) is 1.76. The Morgan fingerprint density at radius 3 is 2.83 bits per heavy atom. The van der Waals surface area contributed by atoms with Crippen LogP contribution in [0.5, 0.6) is 0 Å². The van der Waals surface area contributed by atoms with E-state index in [1.165, 1.54) is 0 Å². The molecule has 0 unspecified atom stereocenters. The second-order valence-corrected chi connectivity index (χ2v) is 4.82. The maximum absolute atomic E-state index is 11.8. The van der Waals surface area contributed by atoms with Crippen LogP contribution >= 0.6 is 11.8 Å². The number of para-hydroxylation sites is 1. The summed E-state index contributed by atoms with van der Waals surface area (Å²) in [5, 5.41) is 11.6. The summed E-state index contributed by atoms with van der Waals surface area (Å²) >= 11 is 1.59. The molecule has 0 heterocycles. The number of carbonyl (C=O) groups excluding carboxylic acids is 1. The third-order valence-electron chi connectivity index (χ3n) is 2.62. The van der Waals surface area contributed by atoms with Crippen molar-refractivity contribution in [3.8, 4) is 6.07 Å². The Morgan fingerprint density at radius 2 is 2.22 bits per heavy atom. The number of hydrogen-bond acceptors (Lipinski definition) is 4. The molecule has 1 N–H and O–H groups in total. The summed E-state index contributed by atoms with van der Waals surface area (Å²) < 4.78 is 0. The van der Waals surface area contributed by atoms with E-state index in [1.54, 1.807) is 30.6 Å². The molecule has 0 aliphatic heterocycles. The zero-order valence-corrected chi connectivity index (χ0v) is 11.6. The molecule has 5 heteroatoms. The van der Waals surface area contributed by atoms with E-state index in [0.29, 0.717) is 0 Å². The third-order valence-corrected chi connectivity index (χ3v) is 3.42. The van der Waals surface area contributed by atoms with Crippen LogP contribution in [0.25, 0.3) is 0 Å². The van der Waals surface area contributed by atoms with Crippen LogP contribution in [0.1, 0.15) is 6.92 Å². The lowest BCUT2D eigenvalue weighted by Crippen LogP contribution is -2.35. The van der Waals surface area contributed by atoms with Crippen molar-refractivity contribution < 1.29 is 4.79 Å². The van der Waals surface area contributed by atoms with Crippen molar-refractivity contribution in [2.75, 3.05) is 25.2 Å². The maximum atomic E-state index is 11.8. The first-order valence-electron chi connectivity index (χ1n) is 5.61. The van der Waals surface area contributed by atoms with E-state index >= 15 is 0 Å². The van der Waals surface area contributed by atoms with Gasteiger partial charge in [-0.25, -0.2) is 0 Å². The van der Waals surface area contributed by atoms with Crippen LogP contribution in [-0.2, 0) is 4.79 Å². The number of hydrogen-bond donors (Lipinski definition) is 1. The third kappa shape index (κ3) is 4.06. The minimum atomic E-state index is -0.272. The van der Waals surface area contributed by atoms with Gasteiger partial charge in [0.2, 0.25) is 5.91 Å². The average molecular weight is 263 g/mol. The monoisotopic (exact) mass is 263 g/mol. The minimum Gasteiger partial charge on any atom is -0.324 e. The smallest absolute Gasteiger partial charge is 0.238 e. The van der Waals surface area contributed by atoms with Gasteiger partial charge in [0.1, 0.15) is 0 Å². The van der Waals surface area contributed by atoms with Crippen molar-refractivity contribution in [1.82, 2.24) is 4.90 Å². The molecular formula is C13H17N3OS. The van der Waals surface area contributed by atoms with Crippen molar-refractivity contribution >= 4 is 23.4 Å². The van der Waals surface area contributed by atoms with Gasteiger partial charge in [0.15, 0.2) is 0 Å². The van der Waals surface area contributed by atoms with Gasteiger partial charge >= 0.3 is 0 Å². The van der Waals surface area contributed by atoms with Gasteiger partial charge in [-0.3, -0.25) is 9.69 Å². The fourth-order valence-electron chi connectivity index (χ4n) is 1.40. The molecule has 18 heavy (non-hydrogen) atoms. The molecule has 1 atom stereocenters. The van der Waals surface area contributed by atoms with E-state index in [0.717, 1.165) is 10.6 Å². The number of thioether (sulfide) groups is 1. The number of nitriles is 1. The molecule has 1 amide bonds. The lowest BCUT2D eigenvalue weighted by Gasteiger charge is -2.18. The summed E-state index contributed by atoms with van der Waals surface area (Å²) in [5.74, 6) is -0.110. The molecule has 0 radical (unpaired) electrons. The van der Waals surface area contributed by atoms with Crippen molar-refractivity contribution in [2.24, 2.45) is 0 Å². The number of likely N-dealkylation sites (N-methyl/N-ethyl adjacent to an activating group) is 1. The highest BCUT2D eigenvalue weighted by Crippen LogP contribution is 2.24. The number of carbonyl (C=O) groups is 1. The molecule has 1 aromatic carbocycles. The van der Waals surface area contributed by atoms with Crippen LogP contribution in [0.15, 0.2) is 29.2 Å². The molecule has 0 fully saturated rings. The first-order chi connectivity index (χ1) is 8.58. The maximum Gasteiger partial charge on any atom is 0.238 e. The number of benzene rings is 1. The number of nitrogens with zero attached hydrogens (tertiary/aromatic N) is 2. The molecule has 4 nitrogen and oxygen atoms in total. The zero-order chi connectivity index (χ0) is 13.5. The van der Waals surface area contributed by atoms with Gasteiger partial charge < -0.3 is 5.32 Å². The van der Waals surface area contributed by atoms with Crippen LogP contribution in [-0.4, -0.2) is 36.7 Å². The SMILES string of the molecule is CSc1ccccc1NC(=O)CN(C)[C@H](C)C#N. The van der Waals surface area contributed by atoms with E-state index in [1.807, 2.05) is 30.5 Å². The summed E-state index contributed by atoms with van der Waals surface area (Å²) in [4.78, 5) is 14.6. The average Bonchev–Trinajstić information content (AvgIpc) is 2.38. The Labute approximate surface area is 112 Å². The van der Waals surface area contributed by atoms with Crippen LogP contribution < -0.4 is 5.32 Å². The Morgan fingerprint density at radius 1 is 1.56 bits per heavy atom. The Balaban J connectivity index is 2.63. The van der Waals surface area contributed by atoms with Gasteiger partial charge in [-0.1, -0.05) is 12.1 Å². The lowest BCUT2D eigenvalue weighted by atomic mass is 10.3. The molecule has 0 bridgehead atoms. The van der Waals surface area contributed by atoms with E-state index < -0.39 is 0 Å². The lowest BCUT2D eigenvalue weighted by molar-refractivity contribution is -0.117. The second-order valence-electron chi connectivity index (χ2n) is 3.97. The molecule has 1 rings (SSSR count). The first kappa shape index (κ1) is 14.6. The first-order valence-corrected chi connectivity index (χ1v) is 6.83. The fraction of sp³-hybridized carbons (Fsp3) is 0.385. The van der Waals surface area contributed by atoms with Crippen LogP contribution in [0.3, 0.4) is 0 Å². The highest BCUT2D eigenvalue weighted by atomic mass is 32.2. The topological polar surface area (TPSA) is 56.1 Å². The number of amides is 1. The second kappa shape index (κ2) is 7.04. The molecule has 96 valence electrons. The zero-order valence-electron chi connectivity index (χ0n) is 10.8. The molecule has 0 saturated heterocycles. The summed E-state index contributed by atoms with van der Waals surface area (Å²) in [5.41, 5.74) is 0.813. The van der Waals surface area contributed by atoms with Gasteiger partial charge in [0.05, 0.1) is 24.3 Å². The van der Waals surface area contributed by atoms with Crippen molar-refractivity contribution in [3.63, 3.8) is 0 Å². The predicted octanol–water partition coefficient (Wildman–Crippen LogP) is 2.19. The number of rotatable bonds is 5. The van der Waals surface area contributed by atoms with E-state index in [4.69, 9.17) is 5.26 Å². The Bertz CT molecular complexity index is 456. The number of nitrogens with one attached hydrogen (secondary N) is 1. The quantitative estimate of drug-likeness (QED) is 0.827. The highest BCUT2D eigenvalue weighted by Gasteiger charge is 2.13.